The van der Waals surface area contributed by atoms with Gasteiger partial charge in [-0.1, -0.05) is 43.7 Å². The maximum absolute atomic E-state index is 6.08. The van der Waals surface area contributed by atoms with E-state index < -0.39 is 0 Å². The summed E-state index contributed by atoms with van der Waals surface area (Å²) in [7, 11) is 0. The molecule has 0 bridgehead atoms. The minimum absolute atomic E-state index is 0.245. The summed E-state index contributed by atoms with van der Waals surface area (Å²) in [6, 6.07) is 8.87. The van der Waals surface area contributed by atoms with Crippen LogP contribution in [-0.4, -0.2) is 5.38 Å². The Morgan fingerprint density at radius 3 is 2.93 bits per heavy atom. The van der Waals surface area contributed by atoms with E-state index in [9.17, 15) is 0 Å². The Labute approximate surface area is 97.0 Å². The summed E-state index contributed by atoms with van der Waals surface area (Å²) < 4.78 is 0. The molecule has 1 heteroatoms. The van der Waals surface area contributed by atoms with Crippen LogP contribution in [0.1, 0.15) is 37.3 Å². The van der Waals surface area contributed by atoms with Crippen molar-refractivity contribution in [3.8, 4) is 0 Å². The molecule has 1 unspecified atom stereocenters. The molecule has 0 heterocycles. The van der Waals surface area contributed by atoms with Crippen LogP contribution in [0.15, 0.2) is 30.3 Å². The zero-order valence-corrected chi connectivity index (χ0v) is 9.93. The topological polar surface area (TPSA) is 0 Å². The predicted molar refractivity (Wildman–Crippen MR) is 67.3 cm³/mol. The van der Waals surface area contributed by atoms with Crippen molar-refractivity contribution in [1.29, 1.82) is 0 Å². The van der Waals surface area contributed by atoms with E-state index in [0.717, 1.165) is 12.8 Å². The lowest BCUT2D eigenvalue weighted by atomic mass is 10.0. The first kappa shape index (κ1) is 10.8. The first-order valence-electron chi connectivity index (χ1n) is 5.73. The van der Waals surface area contributed by atoms with Gasteiger partial charge >= 0.3 is 0 Å². The van der Waals surface area contributed by atoms with Crippen molar-refractivity contribution in [3.05, 3.63) is 41.5 Å². The molecule has 0 radical (unpaired) electrons. The molecule has 0 nitrogen and oxygen atoms in total. The highest BCUT2D eigenvalue weighted by Gasteiger charge is 2.14. The summed E-state index contributed by atoms with van der Waals surface area (Å²) in [5.74, 6) is 0. The largest absolute Gasteiger partial charge is 0.118 e. The van der Waals surface area contributed by atoms with Gasteiger partial charge in [-0.25, -0.2) is 0 Å². The lowest BCUT2D eigenvalue weighted by molar-refractivity contribution is 0.919. The van der Waals surface area contributed by atoms with Crippen molar-refractivity contribution in [2.45, 2.75) is 38.0 Å². The number of hydrogen-bond acceptors (Lipinski definition) is 0. The highest BCUT2D eigenvalue weighted by Crippen LogP contribution is 2.30. The number of aryl methyl sites for hydroxylation is 1. The van der Waals surface area contributed by atoms with E-state index in [1.165, 1.54) is 29.5 Å². The molecule has 1 aromatic rings. The normalized spacial score (nSPS) is 20.4. The van der Waals surface area contributed by atoms with Gasteiger partial charge in [0.1, 0.15) is 0 Å². The smallest absolute Gasteiger partial charge is 0.0525 e. The van der Waals surface area contributed by atoms with E-state index in [1.807, 2.05) is 0 Å². The number of alkyl halides is 1. The Hall–Kier alpha value is -0.750. The summed E-state index contributed by atoms with van der Waals surface area (Å²) in [5, 5.41) is 0.245. The predicted octanol–water partition coefficient (Wildman–Crippen LogP) is 4.42. The molecule has 0 amide bonds. The van der Waals surface area contributed by atoms with Crippen LogP contribution in [0.5, 0.6) is 0 Å². The maximum atomic E-state index is 6.08. The van der Waals surface area contributed by atoms with Crippen LogP contribution in [0.2, 0.25) is 0 Å². The number of allylic oxidation sites excluding steroid dienone is 2. The van der Waals surface area contributed by atoms with Gasteiger partial charge in [0, 0.05) is 0 Å². The van der Waals surface area contributed by atoms with Gasteiger partial charge in [0.25, 0.3) is 0 Å². The minimum Gasteiger partial charge on any atom is -0.118 e. The van der Waals surface area contributed by atoms with E-state index in [0.29, 0.717) is 0 Å². The van der Waals surface area contributed by atoms with Crippen LogP contribution in [-0.2, 0) is 6.42 Å². The average molecular weight is 221 g/mol. The van der Waals surface area contributed by atoms with Crippen molar-refractivity contribution in [3.63, 3.8) is 0 Å². The van der Waals surface area contributed by atoms with Crippen LogP contribution in [0.25, 0.3) is 5.57 Å². The van der Waals surface area contributed by atoms with Crippen LogP contribution in [0, 0.1) is 0 Å². The number of benzene rings is 1. The highest BCUT2D eigenvalue weighted by molar-refractivity contribution is 6.22. The van der Waals surface area contributed by atoms with E-state index >= 15 is 0 Å². The lowest BCUT2D eigenvalue weighted by Gasteiger charge is -2.04. The third-order valence-corrected chi connectivity index (χ3v) is 3.25. The Morgan fingerprint density at radius 2 is 2.27 bits per heavy atom. The van der Waals surface area contributed by atoms with E-state index in [-0.39, 0.29) is 5.38 Å². The molecule has 2 rings (SSSR count). The molecule has 0 saturated carbocycles. The minimum atomic E-state index is 0.245. The zero-order valence-electron chi connectivity index (χ0n) is 9.17. The van der Waals surface area contributed by atoms with Gasteiger partial charge in [0.05, 0.1) is 5.38 Å². The third kappa shape index (κ3) is 2.63. The molecule has 0 N–H and O–H groups in total. The van der Waals surface area contributed by atoms with Gasteiger partial charge in [-0.3, -0.25) is 0 Å². The molecular weight excluding hydrogens is 204 g/mol. The quantitative estimate of drug-likeness (QED) is 0.662. The number of hydrogen-bond donors (Lipinski definition) is 0. The van der Waals surface area contributed by atoms with Gasteiger partial charge in [-0.15, -0.1) is 11.6 Å². The Bertz CT molecular complexity index is 365. The Balaban J connectivity index is 2.21. The monoisotopic (exact) mass is 220 g/mol. The van der Waals surface area contributed by atoms with Crippen molar-refractivity contribution >= 4 is 17.2 Å². The second-order valence-corrected chi connectivity index (χ2v) is 4.76. The molecule has 15 heavy (non-hydrogen) atoms. The Morgan fingerprint density at radius 1 is 1.40 bits per heavy atom. The summed E-state index contributed by atoms with van der Waals surface area (Å²) in [4.78, 5) is 0. The van der Waals surface area contributed by atoms with E-state index in [2.05, 4.69) is 37.3 Å². The van der Waals surface area contributed by atoms with Gasteiger partial charge < -0.3 is 0 Å². The third-order valence-electron chi connectivity index (χ3n) is 2.91. The second kappa shape index (κ2) is 4.85. The summed E-state index contributed by atoms with van der Waals surface area (Å²) in [5.41, 5.74) is 4.23. The fraction of sp³-hybridized carbons (Fsp3) is 0.429. The number of rotatable bonds is 3. The van der Waals surface area contributed by atoms with Gasteiger partial charge in [-0.05, 0) is 36.0 Å². The maximum Gasteiger partial charge on any atom is 0.0525 e. The van der Waals surface area contributed by atoms with Crippen LogP contribution in [0.3, 0.4) is 0 Å². The zero-order chi connectivity index (χ0) is 10.7. The molecule has 0 aromatic heterocycles. The van der Waals surface area contributed by atoms with Crippen molar-refractivity contribution in [1.82, 2.24) is 0 Å². The van der Waals surface area contributed by atoms with Gasteiger partial charge in [0.15, 0.2) is 0 Å². The molecule has 1 aliphatic rings. The number of halogens is 1. The molecule has 1 aromatic carbocycles. The van der Waals surface area contributed by atoms with Crippen molar-refractivity contribution < 1.29 is 0 Å². The lowest BCUT2D eigenvalue weighted by Crippen LogP contribution is -1.86. The molecule has 1 aliphatic carbocycles. The highest BCUT2D eigenvalue weighted by atomic mass is 35.5. The average Bonchev–Trinajstić information content (AvgIpc) is 2.66. The fourth-order valence-electron chi connectivity index (χ4n) is 2.13. The fourth-order valence-corrected chi connectivity index (χ4v) is 2.40. The molecule has 1 atom stereocenters. The Kier molecular flexibility index (Phi) is 3.48. The van der Waals surface area contributed by atoms with Crippen molar-refractivity contribution in [2.24, 2.45) is 0 Å². The first-order chi connectivity index (χ1) is 7.29. The van der Waals surface area contributed by atoms with Crippen LogP contribution < -0.4 is 0 Å². The van der Waals surface area contributed by atoms with Crippen LogP contribution in [0.4, 0.5) is 0 Å². The molecule has 0 saturated heterocycles. The molecule has 0 aliphatic heterocycles. The summed E-state index contributed by atoms with van der Waals surface area (Å²) in [6.07, 6.45) is 6.80. The van der Waals surface area contributed by atoms with Crippen LogP contribution >= 0.6 is 11.6 Å². The van der Waals surface area contributed by atoms with Gasteiger partial charge in [-0.2, -0.15) is 0 Å². The first-order valence-corrected chi connectivity index (χ1v) is 6.17. The summed E-state index contributed by atoms with van der Waals surface area (Å²) in [6.45, 7) is 2.22. The summed E-state index contributed by atoms with van der Waals surface area (Å²) >= 11 is 6.08. The van der Waals surface area contributed by atoms with E-state index in [1.54, 1.807) is 0 Å². The van der Waals surface area contributed by atoms with Gasteiger partial charge in [0.2, 0.25) is 0 Å². The second-order valence-electron chi connectivity index (χ2n) is 4.20. The molecule has 0 spiro atoms. The van der Waals surface area contributed by atoms with Crippen molar-refractivity contribution in [2.75, 3.05) is 0 Å². The molecule has 0 fully saturated rings. The standard InChI is InChI=1S/C14H17Cl/c1-2-4-11-5-3-6-12(9-11)13-7-8-14(15)10-13/h3,5-6,9-10,14H,2,4,7-8H2,1H3. The van der Waals surface area contributed by atoms with E-state index in [4.69, 9.17) is 11.6 Å². The SMILES string of the molecule is CCCc1cccc(C2=CC(Cl)CC2)c1. The molecular formula is C14H17Cl. The molecule has 80 valence electrons.